The first-order chi connectivity index (χ1) is 9.38. The van der Waals surface area contributed by atoms with Crippen LogP contribution in [0.25, 0.3) is 0 Å². The Morgan fingerprint density at radius 2 is 2.10 bits per heavy atom. The minimum atomic E-state index is -0.0507. The summed E-state index contributed by atoms with van der Waals surface area (Å²) in [5, 5.41) is 3.32. The molecule has 3 N–H and O–H groups in total. The molecule has 0 saturated heterocycles. The number of carbonyl (C=O) groups excluding carboxylic acids is 1. The van der Waals surface area contributed by atoms with Gasteiger partial charge < -0.3 is 15.8 Å². The van der Waals surface area contributed by atoms with Crippen molar-refractivity contribution in [2.45, 2.75) is 33.1 Å². The molecule has 1 amide bonds. The number of benzene rings is 1. The average molecular weight is 299 g/mol. The maximum Gasteiger partial charge on any atom is 0.224 e. The van der Waals surface area contributed by atoms with E-state index in [1.165, 1.54) is 0 Å². The van der Waals surface area contributed by atoms with Crippen LogP contribution >= 0.6 is 11.6 Å². The molecule has 0 unspecified atom stereocenters. The Bertz CT molecular complexity index is 461. The molecule has 0 saturated carbocycles. The average Bonchev–Trinajstić information content (AvgIpc) is 2.39. The van der Waals surface area contributed by atoms with Gasteiger partial charge >= 0.3 is 0 Å². The zero-order valence-corrected chi connectivity index (χ0v) is 13.1. The quantitative estimate of drug-likeness (QED) is 0.810. The van der Waals surface area contributed by atoms with Crippen LogP contribution in [-0.2, 0) is 4.79 Å². The van der Waals surface area contributed by atoms with Gasteiger partial charge in [0.1, 0.15) is 5.75 Å². The highest BCUT2D eigenvalue weighted by Gasteiger charge is 2.18. The second-order valence-electron chi connectivity index (χ2n) is 5.60. The monoisotopic (exact) mass is 298 g/mol. The predicted molar refractivity (Wildman–Crippen MR) is 83.3 cm³/mol. The maximum absolute atomic E-state index is 12.0. The normalized spacial score (nSPS) is 11.2. The van der Waals surface area contributed by atoms with Crippen LogP contribution in [0, 0.1) is 5.41 Å². The van der Waals surface area contributed by atoms with Crippen molar-refractivity contribution in [3.05, 3.63) is 23.2 Å². The lowest BCUT2D eigenvalue weighted by molar-refractivity contribution is -0.116. The largest absolute Gasteiger partial charge is 0.497 e. The van der Waals surface area contributed by atoms with Gasteiger partial charge in [-0.05, 0) is 36.9 Å². The zero-order valence-electron chi connectivity index (χ0n) is 12.3. The van der Waals surface area contributed by atoms with Gasteiger partial charge in [-0.3, -0.25) is 4.79 Å². The number of hydrogen-bond acceptors (Lipinski definition) is 3. The summed E-state index contributed by atoms with van der Waals surface area (Å²) >= 11 is 6.05. The molecule has 0 aliphatic rings. The number of ether oxygens (including phenoxy) is 1. The Kier molecular flexibility index (Phi) is 6.30. The number of nitrogens with two attached hydrogens (primary N) is 1. The molecule has 0 spiro atoms. The van der Waals surface area contributed by atoms with Gasteiger partial charge in [0.25, 0.3) is 0 Å². The first kappa shape index (κ1) is 16.8. The van der Waals surface area contributed by atoms with E-state index in [1.54, 1.807) is 25.3 Å². The summed E-state index contributed by atoms with van der Waals surface area (Å²) in [6.45, 7) is 4.87. The number of rotatable bonds is 7. The molecule has 0 radical (unpaired) electrons. The highest BCUT2D eigenvalue weighted by Crippen LogP contribution is 2.28. The molecule has 20 heavy (non-hydrogen) atoms. The lowest BCUT2D eigenvalue weighted by atomic mass is 9.84. The van der Waals surface area contributed by atoms with Gasteiger partial charge in [-0.15, -0.1) is 0 Å². The third kappa shape index (κ3) is 5.39. The molecular formula is C15H23ClN2O2. The van der Waals surface area contributed by atoms with Gasteiger partial charge in [-0.1, -0.05) is 25.4 Å². The Balaban J connectivity index is 2.58. The Morgan fingerprint density at radius 1 is 1.40 bits per heavy atom. The van der Waals surface area contributed by atoms with Crippen molar-refractivity contribution in [3.8, 4) is 5.75 Å². The van der Waals surface area contributed by atoms with Crippen LogP contribution < -0.4 is 15.8 Å². The van der Waals surface area contributed by atoms with Crippen LogP contribution in [0.3, 0.4) is 0 Å². The molecule has 0 atom stereocenters. The second-order valence-corrected chi connectivity index (χ2v) is 6.00. The molecule has 1 rings (SSSR count). The summed E-state index contributed by atoms with van der Waals surface area (Å²) in [6.07, 6.45) is 2.14. The van der Waals surface area contributed by atoms with Gasteiger partial charge in [0.15, 0.2) is 0 Å². The lowest BCUT2D eigenvalue weighted by Gasteiger charge is -2.23. The van der Waals surface area contributed by atoms with Gasteiger partial charge in [0, 0.05) is 12.5 Å². The van der Waals surface area contributed by atoms with E-state index in [0.29, 0.717) is 29.4 Å². The molecule has 0 bridgehead atoms. The van der Waals surface area contributed by atoms with E-state index in [0.717, 1.165) is 12.8 Å². The van der Waals surface area contributed by atoms with Crippen LogP contribution in [0.5, 0.6) is 5.75 Å². The predicted octanol–water partition coefficient (Wildman–Crippen LogP) is 3.44. The Morgan fingerprint density at radius 3 is 2.70 bits per heavy atom. The fourth-order valence-corrected chi connectivity index (χ4v) is 2.07. The highest BCUT2D eigenvalue weighted by atomic mass is 35.5. The van der Waals surface area contributed by atoms with Crippen molar-refractivity contribution in [2.24, 2.45) is 11.1 Å². The van der Waals surface area contributed by atoms with Crippen molar-refractivity contribution in [1.82, 2.24) is 0 Å². The third-order valence-electron chi connectivity index (χ3n) is 3.30. The molecule has 5 heteroatoms. The van der Waals surface area contributed by atoms with Crippen molar-refractivity contribution < 1.29 is 9.53 Å². The standard InChI is InChI=1S/C15H23ClN2O2/c1-15(2,8-9-17)7-6-14(19)18-13-10-11(20-3)4-5-12(13)16/h4-5,10H,6-9,17H2,1-3H3,(H,18,19). The van der Waals surface area contributed by atoms with E-state index in [-0.39, 0.29) is 11.3 Å². The summed E-state index contributed by atoms with van der Waals surface area (Å²) in [5.74, 6) is 0.610. The van der Waals surface area contributed by atoms with Crippen LogP contribution in [0.2, 0.25) is 5.02 Å². The minimum absolute atomic E-state index is 0.0507. The number of amides is 1. The van der Waals surface area contributed by atoms with Crippen molar-refractivity contribution in [3.63, 3.8) is 0 Å². The van der Waals surface area contributed by atoms with E-state index in [1.807, 2.05) is 0 Å². The summed E-state index contributed by atoms with van der Waals surface area (Å²) in [5.41, 5.74) is 6.21. The Hall–Kier alpha value is -1.26. The van der Waals surface area contributed by atoms with Crippen molar-refractivity contribution in [1.29, 1.82) is 0 Å². The molecule has 0 aliphatic carbocycles. The molecular weight excluding hydrogens is 276 g/mol. The number of hydrogen-bond donors (Lipinski definition) is 2. The second kappa shape index (κ2) is 7.50. The summed E-state index contributed by atoms with van der Waals surface area (Å²) < 4.78 is 5.11. The van der Waals surface area contributed by atoms with E-state index in [4.69, 9.17) is 22.1 Å². The SMILES string of the molecule is COc1ccc(Cl)c(NC(=O)CCC(C)(C)CCN)c1. The smallest absolute Gasteiger partial charge is 0.224 e. The third-order valence-corrected chi connectivity index (χ3v) is 3.63. The van der Waals surface area contributed by atoms with Crippen LogP contribution in [-0.4, -0.2) is 19.6 Å². The molecule has 0 aromatic heterocycles. The number of methoxy groups -OCH3 is 1. The van der Waals surface area contributed by atoms with Gasteiger partial charge in [0.2, 0.25) is 5.91 Å². The molecule has 0 heterocycles. The van der Waals surface area contributed by atoms with E-state index in [9.17, 15) is 4.79 Å². The summed E-state index contributed by atoms with van der Waals surface area (Å²) in [4.78, 5) is 12.0. The van der Waals surface area contributed by atoms with Crippen LogP contribution in [0.4, 0.5) is 5.69 Å². The van der Waals surface area contributed by atoms with E-state index >= 15 is 0 Å². The van der Waals surface area contributed by atoms with Crippen LogP contribution in [0.15, 0.2) is 18.2 Å². The summed E-state index contributed by atoms with van der Waals surface area (Å²) in [7, 11) is 1.57. The number of halogens is 1. The maximum atomic E-state index is 12.0. The van der Waals surface area contributed by atoms with Crippen LogP contribution in [0.1, 0.15) is 33.1 Å². The molecule has 0 fully saturated rings. The molecule has 1 aromatic carbocycles. The molecule has 0 aliphatic heterocycles. The highest BCUT2D eigenvalue weighted by molar-refractivity contribution is 6.33. The number of carbonyl (C=O) groups is 1. The van der Waals surface area contributed by atoms with E-state index < -0.39 is 0 Å². The fourth-order valence-electron chi connectivity index (χ4n) is 1.91. The first-order valence-corrected chi connectivity index (χ1v) is 7.09. The topological polar surface area (TPSA) is 64.3 Å². The first-order valence-electron chi connectivity index (χ1n) is 6.71. The van der Waals surface area contributed by atoms with Gasteiger partial charge in [0.05, 0.1) is 17.8 Å². The molecule has 1 aromatic rings. The fraction of sp³-hybridized carbons (Fsp3) is 0.533. The number of anilines is 1. The van der Waals surface area contributed by atoms with Gasteiger partial charge in [-0.2, -0.15) is 0 Å². The van der Waals surface area contributed by atoms with Crippen molar-refractivity contribution >= 4 is 23.2 Å². The lowest BCUT2D eigenvalue weighted by Crippen LogP contribution is -2.20. The minimum Gasteiger partial charge on any atom is -0.497 e. The zero-order chi connectivity index (χ0) is 15.2. The number of nitrogens with one attached hydrogen (secondary N) is 1. The molecule has 4 nitrogen and oxygen atoms in total. The Labute approximate surface area is 125 Å². The van der Waals surface area contributed by atoms with E-state index in [2.05, 4.69) is 19.2 Å². The van der Waals surface area contributed by atoms with Crippen molar-refractivity contribution in [2.75, 3.05) is 19.0 Å². The molecule has 112 valence electrons. The summed E-state index contributed by atoms with van der Waals surface area (Å²) in [6, 6.07) is 5.17. The van der Waals surface area contributed by atoms with Gasteiger partial charge in [-0.25, -0.2) is 0 Å².